The maximum Gasteiger partial charge on any atom is 0.137 e. The number of pyridine rings is 1. The minimum absolute atomic E-state index is 0.298. The summed E-state index contributed by atoms with van der Waals surface area (Å²) in [6.07, 6.45) is 3.87. The van der Waals surface area contributed by atoms with Crippen LogP contribution in [-0.2, 0) is 6.42 Å². The first-order valence-electron chi connectivity index (χ1n) is 7.64. The average molecular weight is 287 g/mol. The summed E-state index contributed by atoms with van der Waals surface area (Å²) < 4.78 is 5.21. The minimum atomic E-state index is 0.298. The molecule has 0 bridgehead atoms. The molecule has 0 saturated carbocycles. The number of hydrogen-bond donors (Lipinski definition) is 1. The van der Waals surface area contributed by atoms with E-state index in [9.17, 15) is 0 Å². The smallest absolute Gasteiger partial charge is 0.137 e. The van der Waals surface area contributed by atoms with Gasteiger partial charge in [0.1, 0.15) is 5.76 Å². The third-order valence-corrected chi connectivity index (χ3v) is 3.70. The third kappa shape index (κ3) is 4.39. The molecule has 0 unspecified atom stereocenters. The normalized spacial score (nSPS) is 12.8. The highest BCUT2D eigenvalue weighted by atomic mass is 16.5. The first kappa shape index (κ1) is 15.7. The molecule has 114 valence electrons. The van der Waals surface area contributed by atoms with E-state index in [1.165, 1.54) is 5.56 Å². The zero-order chi connectivity index (χ0) is 15.2. The Morgan fingerprint density at radius 3 is 2.62 bits per heavy atom. The van der Waals surface area contributed by atoms with E-state index >= 15 is 0 Å². The number of rotatable bonds is 7. The Hall–Kier alpha value is -1.68. The first-order chi connectivity index (χ1) is 10.1. The van der Waals surface area contributed by atoms with Gasteiger partial charge in [0.15, 0.2) is 0 Å². The molecular weight excluding hydrogens is 262 g/mol. The second-order valence-electron chi connectivity index (χ2n) is 5.94. The first-order valence-corrected chi connectivity index (χ1v) is 7.64. The van der Waals surface area contributed by atoms with Crippen molar-refractivity contribution < 1.29 is 4.52 Å². The van der Waals surface area contributed by atoms with Crippen LogP contribution >= 0.6 is 0 Å². The highest BCUT2D eigenvalue weighted by Gasteiger charge is 2.15. The van der Waals surface area contributed by atoms with Crippen LogP contribution in [0.4, 0.5) is 0 Å². The second kappa shape index (κ2) is 7.36. The summed E-state index contributed by atoms with van der Waals surface area (Å²) in [5.74, 6) is 1.55. The van der Waals surface area contributed by atoms with E-state index in [2.05, 4.69) is 35.4 Å². The van der Waals surface area contributed by atoms with Crippen LogP contribution in [0.5, 0.6) is 0 Å². The Morgan fingerprint density at radius 1 is 1.24 bits per heavy atom. The van der Waals surface area contributed by atoms with Crippen molar-refractivity contribution in [2.45, 2.75) is 46.6 Å². The molecule has 2 heterocycles. The van der Waals surface area contributed by atoms with Crippen LogP contribution in [-0.4, -0.2) is 16.7 Å². The highest BCUT2D eigenvalue weighted by molar-refractivity contribution is 5.21. The number of hydrogen-bond acceptors (Lipinski definition) is 4. The molecule has 4 nitrogen and oxygen atoms in total. The third-order valence-electron chi connectivity index (χ3n) is 3.70. The molecule has 0 aliphatic rings. The summed E-state index contributed by atoms with van der Waals surface area (Å²) >= 11 is 0. The zero-order valence-corrected chi connectivity index (χ0v) is 13.4. The van der Waals surface area contributed by atoms with Crippen molar-refractivity contribution in [3.05, 3.63) is 47.1 Å². The summed E-state index contributed by atoms with van der Waals surface area (Å²) in [5, 5.41) is 7.63. The van der Waals surface area contributed by atoms with E-state index in [1.807, 2.05) is 32.2 Å². The van der Waals surface area contributed by atoms with Crippen LogP contribution in [0.25, 0.3) is 0 Å². The van der Waals surface area contributed by atoms with Gasteiger partial charge in [-0.2, -0.15) is 0 Å². The molecule has 0 amide bonds. The predicted molar refractivity (Wildman–Crippen MR) is 84.1 cm³/mol. The second-order valence-corrected chi connectivity index (χ2v) is 5.94. The fraction of sp³-hybridized carbons (Fsp3) is 0.529. The summed E-state index contributed by atoms with van der Waals surface area (Å²) in [5.41, 5.74) is 3.32. The van der Waals surface area contributed by atoms with Gasteiger partial charge in [0.25, 0.3) is 0 Å². The Balaban J connectivity index is 1.97. The standard InChI is InChI=1S/C17H25N3O/c1-12(2)11-17(16-7-5-6-9-18-16)19-10-8-15-13(3)20-21-14(15)4/h5-7,9,12,17,19H,8,10-11H2,1-4H3/t17-/m0/s1. The van der Waals surface area contributed by atoms with Crippen molar-refractivity contribution in [1.82, 2.24) is 15.5 Å². The number of nitrogens with one attached hydrogen (secondary N) is 1. The topological polar surface area (TPSA) is 51.0 Å². The highest BCUT2D eigenvalue weighted by Crippen LogP contribution is 2.19. The lowest BCUT2D eigenvalue weighted by molar-refractivity contribution is 0.391. The molecule has 2 aromatic heterocycles. The molecule has 0 fully saturated rings. The fourth-order valence-corrected chi connectivity index (χ4v) is 2.59. The van der Waals surface area contributed by atoms with Gasteiger partial charge in [-0.1, -0.05) is 25.1 Å². The van der Waals surface area contributed by atoms with Crippen molar-refractivity contribution in [3.63, 3.8) is 0 Å². The van der Waals surface area contributed by atoms with Crippen LogP contribution in [0, 0.1) is 19.8 Å². The molecule has 0 aromatic carbocycles. The van der Waals surface area contributed by atoms with Gasteiger partial charge in [-0.25, -0.2) is 0 Å². The molecule has 21 heavy (non-hydrogen) atoms. The number of aryl methyl sites for hydroxylation is 2. The molecular formula is C17H25N3O. The summed E-state index contributed by atoms with van der Waals surface area (Å²) in [6.45, 7) is 9.35. The van der Waals surface area contributed by atoms with E-state index in [-0.39, 0.29) is 0 Å². The van der Waals surface area contributed by atoms with E-state index in [1.54, 1.807) is 0 Å². The molecule has 1 atom stereocenters. The lowest BCUT2D eigenvalue weighted by atomic mass is 10.00. The Labute approximate surface area is 127 Å². The van der Waals surface area contributed by atoms with Gasteiger partial charge in [0.2, 0.25) is 0 Å². The summed E-state index contributed by atoms with van der Waals surface area (Å²) in [6, 6.07) is 6.40. The van der Waals surface area contributed by atoms with E-state index < -0.39 is 0 Å². The Bertz CT molecular complexity index is 529. The van der Waals surface area contributed by atoms with Crippen LogP contribution in [0.15, 0.2) is 28.9 Å². The molecule has 1 N–H and O–H groups in total. The Kier molecular flexibility index (Phi) is 5.51. The number of nitrogens with zero attached hydrogens (tertiary/aromatic N) is 2. The van der Waals surface area contributed by atoms with Gasteiger partial charge in [-0.3, -0.25) is 4.98 Å². The summed E-state index contributed by atoms with van der Waals surface area (Å²) in [7, 11) is 0. The van der Waals surface area contributed by atoms with Crippen LogP contribution in [0.1, 0.15) is 49.0 Å². The van der Waals surface area contributed by atoms with Gasteiger partial charge < -0.3 is 9.84 Å². The molecule has 0 saturated heterocycles. The quantitative estimate of drug-likeness (QED) is 0.845. The zero-order valence-electron chi connectivity index (χ0n) is 13.4. The molecule has 2 aromatic rings. The van der Waals surface area contributed by atoms with E-state index in [0.717, 1.165) is 36.5 Å². The van der Waals surface area contributed by atoms with Gasteiger partial charge in [0, 0.05) is 17.8 Å². The molecule has 0 spiro atoms. The van der Waals surface area contributed by atoms with Crippen molar-refractivity contribution in [1.29, 1.82) is 0 Å². The van der Waals surface area contributed by atoms with Crippen LogP contribution in [0.3, 0.4) is 0 Å². The van der Waals surface area contributed by atoms with Gasteiger partial charge in [0.05, 0.1) is 11.4 Å². The lowest BCUT2D eigenvalue weighted by Gasteiger charge is -2.20. The monoisotopic (exact) mass is 287 g/mol. The molecule has 0 radical (unpaired) electrons. The van der Waals surface area contributed by atoms with Gasteiger partial charge in [-0.05, 0) is 51.3 Å². The minimum Gasteiger partial charge on any atom is -0.361 e. The van der Waals surface area contributed by atoms with Crippen LogP contribution < -0.4 is 5.32 Å². The fourth-order valence-electron chi connectivity index (χ4n) is 2.59. The van der Waals surface area contributed by atoms with Crippen molar-refractivity contribution in [2.75, 3.05) is 6.54 Å². The molecule has 0 aliphatic carbocycles. The van der Waals surface area contributed by atoms with Crippen molar-refractivity contribution in [2.24, 2.45) is 5.92 Å². The van der Waals surface area contributed by atoms with Gasteiger partial charge >= 0.3 is 0 Å². The predicted octanol–water partition coefficient (Wildman–Crippen LogP) is 3.61. The lowest BCUT2D eigenvalue weighted by Crippen LogP contribution is -2.26. The van der Waals surface area contributed by atoms with Crippen LogP contribution in [0.2, 0.25) is 0 Å². The number of aromatic nitrogens is 2. The summed E-state index contributed by atoms with van der Waals surface area (Å²) in [4.78, 5) is 4.49. The van der Waals surface area contributed by atoms with E-state index in [4.69, 9.17) is 4.52 Å². The maximum atomic E-state index is 5.21. The maximum absolute atomic E-state index is 5.21. The molecule has 0 aliphatic heterocycles. The van der Waals surface area contributed by atoms with E-state index in [0.29, 0.717) is 12.0 Å². The SMILES string of the molecule is Cc1noc(C)c1CCN[C@@H](CC(C)C)c1ccccn1. The Morgan fingerprint density at radius 2 is 2.05 bits per heavy atom. The van der Waals surface area contributed by atoms with Crippen molar-refractivity contribution in [3.8, 4) is 0 Å². The molecule has 4 heteroatoms. The van der Waals surface area contributed by atoms with Gasteiger partial charge in [-0.15, -0.1) is 0 Å². The molecule has 2 rings (SSSR count). The largest absolute Gasteiger partial charge is 0.361 e. The van der Waals surface area contributed by atoms with Crippen molar-refractivity contribution >= 4 is 0 Å². The average Bonchev–Trinajstić information content (AvgIpc) is 2.78.